The quantitative estimate of drug-likeness (QED) is 0.401. The highest BCUT2D eigenvalue weighted by molar-refractivity contribution is 8.14. The van der Waals surface area contributed by atoms with Crippen molar-refractivity contribution >= 4 is 28.7 Å². The van der Waals surface area contributed by atoms with E-state index in [1.165, 1.54) is 14.0 Å². The number of rotatable bonds is 6. The van der Waals surface area contributed by atoms with E-state index in [-0.39, 0.29) is 35.7 Å². The Labute approximate surface area is 169 Å². The minimum atomic E-state index is -4.62. The first-order valence-corrected chi connectivity index (χ1v) is 9.81. The summed E-state index contributed by atoms with van der Waals surface area (Å²) in [6, 6.07) is 0. The maximum Gasteiger partial charge on any atom is 0.435 e. The third kappa shape index (κ3) is 5.95. The predicted octanol–water partition coefficient (Wildman–Crippen LogP) is 2.45. The molecule has 0 unspecified atom stereocenters. The number of hydrogen-bond donors (Lipinski definition) is 2. The van der Waals surface area contributed by atoms with Gasteiger partial charge in [-0.2, -0.15) is 13.2 Å². The van der Waals surface area contributed by atoms with E-state index in [9.17, 15) is 22.8 Å². The molecule has 29 heavy (non-hydrogen) atoms. The third-order valence-electron chi connectivity index (χ3n) is 4.65. The van der Waals surface area contributed by atoms with Crippen LogP contribution in [0.4, 0.5) is 13.2 Å². The molecule has 2 atom stereocenters. The summed E-state index contributed by atoms with van der Waals surface area (Å²) in [5.74, 6) is -2.09. The lowest BCUT2D eigenvalue weighted by atomic mass is 9.89. The van der Waals surface area contributed by atoms with Gasteiger partial charge in [-0.15, -0.1) is 0 Å². The lowest BCUT2D eigenvalue weighted by Crippen LogP contribution is -2.47. The summed E-state index contributed by atoms with van der Waals surface area (Å²) in [7, 11) is 3.07. The van der Waals surface area contributed by atoms with Crippen molar-refractivity contribution in [3.8, 4) is 0 Å². The molecule has 0 radical (unpaired) electrons. The van der Waals surface area contributed by atoms with Gasteiger partial charge in [0, 0.05) is 39.4 Å². The Hall–Kier alpha value is -2.08. The number of methoxy groups -OCH3 is 1. The second kappa shape index (κ2) is 9.61. The summed E-state index contributed by atoms with van der Waals surface area (Å²) < 4.78 is 44.2. The molecule has 162 valence electrons. The van der Waals surface area contributed by atoms with Crippen molar-refractivity contribution in [2.24, 2.45) is 10.9 Å². The van der Waals surface area contributed by atoms with Crippen molar-refractivity contribution in [1.29, 1.82) is 0 Å². The number of nitrogens with zero attached hydrogens (tertiary/aromatic N) is 3. The molecular weight excluding hydrogens is 413 g/mol. The maximum atomic E-state index is 12.9. The Bertz CT molecular complexity index is 781. The Morgan fingerprint density at radius 1 is 1.45 bits per heavy atom. The lowest BCUT2D eigenvalue weighted by molar-refractivity contribution is -0.141. The number of imidazole rings is 1. The zero-order valence-electron chi connectivity index (χ0n) is 16.2. The molecule has 1 aliphatic rings. The van der Waals surface area contributed by atoms with Crippen LogP contribution in [-0.4, -0.2) is 76.0 Å². The number of carbonyl (C=O) groups is 2. The molecule has 0 aliphatic carbocycles. The molecule has 1 aromatic rings. The average molecular weight is 436 g/mol. The number of carbonyl (C=O) groups excluding carboxylic acids is 1. The fourth-order valence-electron chi connectivity index (χ4n) is 3.27. The molecule has 0 amide bonds. The molecule has 0 bridgehead atoms. The second-order valence-electron chi connectivity index (χ2n) is 6.64. The molecule has 1 aliphatic heterocycles. The molecule has 2 N–H and O–H groups in total. The largest absolute Gasteiger partial charge is 0.481 e. The number of thioether (sulfide) groups is 1. The van der Waals surface area contributed by atoms with Crippen LogP contribution in [0.5, 0.6) is 0 Å². The van der Waals surface area contributed by atoms with Gasteiger partial charge in [-0.3, -0.25) is 14.6 Å². The van der Waals surface area contributed by atoms with Crippen LogP contribution in [0.25, 0.3) is 0 Å². The van der Waals surface area contributed by atoms with Gasteiger partial charge in [0.25, 0.3) is 0 Å². The van der Waals surface area contributed by atoms with E-state index in [0.717, 1.165) is 11.8 Å². The van der Waals surface area contributed by atoms with Crippen LogP contribution in [0.15, 0.2) is 4.99 Å². The van der Waals surface area contributed by atoms with Crippen molar-refractivity contribution in [1.82, 2.24) is 14.9 Å². The molecule has 2 rings (SSSR count). The highest BCUT2D eigenvalue weighted by Gasteiger charge is 2.38. The van der Waals surface area contributed by atoms with Gasteiger partial charge in [-0.05, 0) is 19.3 Å². The third-order valence-corrected chi connectivity index (χ3v) is 5.74. The van der Waals surface area contributed by atoms with Crippen LogP contribution in [0.2, 0.25) is 0 Å². The number of alkyl halides is 3. The van der Waals surface area contributed by atoms with Crippen molar-refractivity contribution in [2.75, 3.05) is 33.0 Å². The van der Waals surface area contributed by atoms with Gasteiger partial charge in [0.1, 0.15) is 0 Å². The van der Waals surface area contributed by atoms with Gasteiger partial charge < -0.3 is 19.7 Å². The first-order valence-electron chi connectivity index (χ1n) is 8.82. The number of Topliss-reactive ketones (excluding diaryl/α,β-unsaturated/α-hetero) is 1. The van der Waals surface area contributed by atoms with E-state index in [1.54, 1.807) is 7.05 Å². The molecule has 12 heteroatoms. The Morgan fingerprint density at radius 2 is 2.14 bits per heavy atom. The summed E-state index contributed by atoms with van der Waals surface area (Å²) in [6.07, 6.45) is -4.43. The number of halogens is 3. The number of ketones is 1. The van der Waals surface area contributed by atoms with Gasteiger partial charge in [-0.1, -0.05) is 11.8 Å². The number of aryl methyl sites for hydroxylation is 1. The molecular formula is C17H23F3N4O4S. The fraction of sp³-hybridized carbons (Fsp3) is 0.647. The van der Waals surface area contributed by atoms with Gasteiger partial charge in [0.15, 0.2) is 22.5 Å². The SMILES string of the molecule is CN=C(SCC(=O)O)N1CC[C@@H](CC(=O)c2nc(C(F)(F)F)c(C)[nH]2)[C@@H](OC)C1. The number of carboxylic acids is 1. The molecule has 1 saturated heterocycles. The van der Waals surface area contributed by atoms with Crippen molar-refractivity contribution in [2.45, 2.75) is 32.0 Å². The number of aliphatic carboxylic acids is 1. The van der Waals surface area contributed by atoms with Crippen LogP contribution >= 0.6 is 11.8 Å². The number of carboxylic acid groups (broad SMARTS) is 1. The number of hydrogen-bond acceptors (Lipinski definition) is 6. The van der Waals surface area contributed by atoms with E-state index < -0.39 is 23.6 Å². The Balaban J connectivity index is 2.04. The molecule has 0 aromatic carbocycles. The number of amidine groups is 1. The van der Waals surface area contributed by atoms with E-state index in [0.29, 0.717) is 24.7 Å². The standard InChI is InChI=1S/C17H23F3N4O4S/c1-9-14(17(18,19)20)23-15(22-9)11(25)6-10-4-5-24(7-12(10)28-3)16(21-2)29-8-13(26)27/h10,12H,4-8H2,1-3H3,(H,22,23)(H,26,27)/t10-,12-/m0/s1. The molecule has 1 fully saturated rings. The number of ether oxygens (including phenoxy) is 1. The topological polar surface area (TPSA) is 108 Å². The van der Waals surface area contributed by atoms with E-state index in [4.69, 9.17) is 9.84 Å². The Morgan fingerprint density at radius 3 is 2.66 bits per heavy atom. The summed E-state index contributed by atoms with van der Waals surface area (Å²) in [6.45, 7) is 2.16. The minimum Gasteiger partial charge on any atom is -0.481 e. The minimum absolute atomic E-state index is 0.00251. The van der Waals surface area contributed by atoms with E-state index >= 15 is 0 Å². The van der Waals surface area contributed by atoms with E-state index in [1.807, 2.05) is 4.90 Å². The van der Waals surface area contributed by atoms with Gasteiger partial charge in [-0.25, -0.2) is 4.98 Å². The first kappa shape index (κ1) is 23.2. The van der Waals surface area contributed by atoms with Crippen molar-refractivity contribution < 1.29 is 32.6 Å². The normalized spacial score (nSPS) is 20.8. The van der Waals surface area contributed by atoms with Gasteiger partial charge >= 0.3 is 12.1 Å². The first-order chi connectivity index (χ1) is 13.6. The summed E-state index contributed by atoms with van der Waals surface area (Å²) in [5.41, 5.74) is -1.28. The summed E-state index contributed by atoms with van der Waals surface area (Å²) in [4.78, 5) is 35.1. The predicted molar refractivity (Wildman–Crippen MR) is 101 cm³/mol. The number of nitrogens with one attached hydrogen (secondary N) is 1. The van der Waals surface area contributed by atoms with Crippen LogP contribution in [0.1, 0.15) is 34.8 Å². The van der Waals surface area contributed by atoms with Crippen LogP contribution in [0, 0.1) is 12.8 Å². The summed E-state index contributed by atoms with van der Waals surface area (Å²) >= 11 is 1.10. The van der Waals surface area contributed by atoms with Crippen LogP contribution in [0.3, 0.4) is 0 Å². The number of H-pyrrole nitrogens is 1. The number of likely N-dealkylation sites (tertiary alicyclic amines) is 1. The van der Waals surface area contributed by atoms with Crippen LogP contribution in [-0.2, 0) is 15.7 Å². The number of aliphatic imine (C=N–C) groups is 1. The zero-order valence-corrected chi connectivity index (χ0v) is 17.1. The number of aromatic amines is 1. The number of piperidine rings is 1. The van der Waals surface area contributed by atoms with Crippen molar-refractivity contribution in [3.05, 3.63) is 17.2 Å². The summed E-state index contributed by atoms with van der Waals surface area (Å²) in [5, 5.41) is 9.40. The smallest absolute Gasteiger partial charge is 0.435 e. The molecule has 2 heterocycles. The molecule has 0 spiro atoms. The second-order valence-corrected chi connectivity index (χ2v) is 7.58. The fourth-order valence-corrected chi connectivity index (χ4v) is 4.00. The molecule has 0 saturated carbocycles. The highest BCUT2D eigenvalue weighted by atomic mass is 32.2. The number of aromatic nitrogens is 2. The van der Waals surface area contributed by atoms with E-state index in [2.05, 4.69) is 15.0 Å². The maximum absolute atomic E-state index is 12.9. The monoisotopic (exact) mass is 436 g/mol. The molecule has 8 nitrogen and oxygen atoms in total. The highest BCUT2D eigenvalue weighted by Crippen LogP contribution is 2.31. The zero-order chi connectivity index (χ0) is 21.8. The van der Waals surface area contributed by atoms with Gasteiger partial charge in [0.05, 0.1) is 11.9 Å². The lowest BCUT2D eigenvalue weighted by Gasteiger charge is -2.38. The van der Waals surface area contributed by atoms with Crippen molar-refractivity contribution in [3.63, 3.8) is 0 Å². The molecule has 1 aromatic heterocycles. The Kier molecular flexibility index (Phi) is 7.69. The average Bonchev–Trinajstić information content (AvgIpc) is 3.05. The van der Waals surface area contributed by atoms with Gasteiger partial charge in [0.2, 0.25) is 0 Å². The van der Waals surface area contributed by atoms with Crippen LogP contribution < -0.4 is 0 Å².